The third-order valence-corrected chi connectivity index (χ3v) is 3.78. The molecule has 10 heteroatoms. The Morgan fingerprint density at radius 3 is 2.59 bits per heavy atom. The monoisotopic (exact) mass is 370 g/mol. The van der Waals surface area contributed by atoms with Gasteiger partial charge in [-0.2, -0.15) is 5.26 Å². The fraction of sp³-hybridized carbons (Fsp3) is 0.118. The Bertz CT molecular complexity index is 1010. The van der Waals surface area contributed by atoms with Gasteiger partial charge in [0.1, 0.15) is 11.8 Å². The highest BCUT2D eigenvalue weighted by Crippen LogP contribution is 2.38. The van der Waals surface area contributed by atoms with Crippen molar-refractivity contribution in [1.82, 2.24) is 4.98 Å². The number of benzene rings is 1. The summed E-state index contributed by atoms with van der Waals surface area (Å²) in [6, 6.07) is 4.75. The molecule has 0 unspecified atom stereocenters. The van der Waals surface area contributed by atoms with Crippen molar-refractivity contribution in [2.75, 3.05) is 11.9 Å². The lowest BCUT2D eigenvalue weighted by molar-refractivity contribution is -0.386. The molecule has 3 N–H and O–H groups in total. The molecule has 1 heterocycles. The smallest absolute Gasteiger partial charge is 0.315 e. The van der Waals surface area contributed by atoms with E-state index in [-0.39, 0.29) is 5.56 Å². The van der Waals surface area contributed by atoms with Gasteiger partial charge in [0.05, 0.1) is 16.8 Å². The lowest BCUT2D eigenvalue weighted by Gasteiger charge is -2.19. The van der Waals surface area contributed by atoms with Crippen molar-refractivity contribution in [2.24, 2.45) is 0 Å². The Morgan fingerprint density at radius 2 is 2.04 bits per heavy atom. The summed E-state index contributed by atoms with van der Waals surface area (Å²) in [7, 11) is 1.37. The maximum atomic E-state index is 12.6. The van der Waals surface area contributed by atoms with Crippen LogP contribution in [0.15, 0.2) is 36.2 Å². The molecule has 1 aromatic heterocycles. The zero-order chi connectivity index (χ0) is 20.3. The maximum Gasteiger partial charge on any atom is 0.315 e. The van der Waals surface area contributed by atoms with E-state index in [4.69, 9.17) is 0 Å². The second-order valence-corrected chi connectivity index (χ2v) is 5.48. The van der Waals surface area contributed by atoms with E-state index in [1.165, 1.54) is 19.4 Å². The molecular weight excluding hydrogens is 356 g/mol. The largest absolute Gasteiger partial charge is 0.506 e. The number of nitrogens with zero attached hydrogens (tertiary/aromatic N) is 4. The molecule has 0 spiro atoms. The van der Waals surface area contributed by atoms with Crippen molar-refractivity contribution in [1.29, 1.82) is 5.26 Å². The first-order valence-corrected chi connectivity index (χ1v) is 7.41. The van der Waals surface area contributed by atoms with Crippen LogP contribution in [0.2, 0.25) is 0 Å². The van der Waals surface area contributed by atoms with Crippen molar-refractivity contribution in [3.05, 3.63) is 57.4 Å². The van der Waals surface area contributed by atoms with Crippen LogP contribution in [0.4, 0.5) is 11.4 Å². The number of nitro groups is 1. The Labute approximate surface area is 153 Å². The van der Waals surface area contributed by atoms with Gasteiger partial charge in [0, 0.05) is 24.9 Å². The predicted octanol–water partition coefficient (Wildman–Crippen LogP) is 2.17. The van der Waals surface area contributed by atoms with Gasteiger partial charge < -0.3 is 20.2 Å². The first kappa shape index (κ1) is 19.2. The number of aromatic nitrogens is 1. The highest BCUT2D eigenvalue weighted by atomic mass is 16.6. The number of phenolic OH excluding ortho intramolecular Hbond substituents is 2. The van der Waals surface area contributed by atoms with Gasteiger partial charge in [-0.1, -0.05) is 0 Å². The van der Waals surface area contributed by atoms with Gasteiger partial charge in [-0.15, -0.1) is 0 Å². The Balaban J connectivity index is 2.57. The molecule has 0 saturated heterocycles. The average molecular weight is 370 g/mol. The maximum absolute atomic E-state index is 12.6. The number of pyridine rings is 1. The van der Waals surface area contributed by atoms with Crippen molar-refractivity contribution in [3.63, 3.8) is 0 Å². The molecule has 1 amide bonds. The van der Waals surface area contributed by atoms with Crippen LogP contribution in [-0.4, -0.2) is 38.2 Å². The highest BCUT2D eigenvalue weighted by molar-refractivity contribution is 6.12. The Hall–Kier alpha value is -4.13. The molecule has 0 radical (unpaired) electrons. The number of amides is 1. The number of phenols is 2. The lowest BCUT2D eigenvalue weighted by Crippen LogP contribution is -2.28. The molecule has 0 fully saturated rings. The molecule has 0 aliphatic heterocycles. The van der Waals surface area contributed by atoms with Gasteiger partial charge in [0.2, 0.25) is 5.75 Å². The number of aliphatic hydroxyl groups excluding tert-OH is 1. The molecule has 0 bridgehead atoms. The van der Waals surface area contributed by atoms with Crippen LogP contribution < -0.4 is 4.90 Å². The highest BCUT2D eigenvalue weighted by Gasteiger charge is 2.26. The number of hydrogen-bond acceptors (Lipinski definition) is 8. The van der Waals surface area contributed by atoms with E-state index in [9.17, 15) is 35.5 Å². The first-order valence-electron chi connectivity index (χ1n) is 7.41. The second-order valence-electron chi connectivity index (χ2n) is 5.48. The second kappa shape index (κ2) is 7.40. The topological polar surface area (TPSA) is 161 Å². The predicted molar refractivity (Wildman–Crippen MR) is 94.0 cm³/mol. The molecule has 10 nitrogen and oxygen atoms in total. The third-order valence-electron chi connectivity index (χ3n) is 3.78. The number of carbonyl (C=O) groups excluding carboxylic acids is 1. The lowest BCUT2D eigenvalue weighted by atomic mass is 10.1. The van der Waals surface area contributed by atoms with E-state index in [1.807, 2.05) is 0 Å². The molecule has 2 rings (SSSR count). The Morgan fingerprint density at radius 1 is 1.37 bits per heavy atom. The quantitative estimate of drug-likeness (QED) is 0.184. The van der Waals surface area contributed by atoms with Crippen molar-refractivity contribution < 1.29 is 25.0 Å². The van der Waals surface area contributed by atoms with Gasteiger partial charge >= 0.3 is 5.69 Å². The average Bonchev–Trinajstić information content (AvgIpc) is 2.63. The molecule has 0 aliphatic rings. The van der Waals surface area contributed by atoms with Crippen molar-refractivity contribution in [3.8, 4) is 17.6 Å². The van der Waals surface area contributed by atoms with E-state index >= 15 is 0 Å². The summed E-state index contributed by atoms with van der Waals surface area (Å²) in [5.74, 6) is -3.65. The van der Waals surface area contributed by atoms with Crippen LogP contribution in [-0.2, 0) is 4.79 Å². The minimum atomic E-state index is -0.996. The number of nitro benzene ring substituents is 1. The van der Waals surface area contributed by atoms with Gasteiger partial charge in [0.15, 0.2) is 11.3 Å². The van der Waals surface area contributed by atoms with Crippen LogP contribution in [0, 0.1) is 28.4 Å². The summed E-state index contributed by atoms with van der Waals surface area (Å²) in [5, 5.41) is 49.7. The van der Waals surface area contributed by atoms with E-state index in [0.717, 1.165) is 17.0 Å². The zero-order valence-corrected chi connectivity index (χ0v) is 14.2. The normalized spacial score (nSPS) is 11.3. The standard InChI is InChI=1S/C17H14N4O6/c1-9-3-4-19-8-13(9)20(2)17(25)11(7-18)15(23)10-5-12(21(26)27)16(24)14(22)6-10/h3-6,8,22-24H,1-2H3/b15-11-. The SMILES string of the molecule is Cc1ccncc1N(C)C(=O)/C(C#N)=C(\O)c1cc(O)c(O)c([N+](=O)[O-])c1. The summed E-state index contributed by atoms with van der Waals surface area (Å²) < 4.78 is 0. The van der Waals surface area contributed by atoms with E-state index < -0.39 is 39.3 Å². The zero-order valence-electron chi connectivity index (χ0n) is 14.2. The van der Waals surface area contributed by atoms with Crippen LogP contribution in [0.3, 0.4) is 0 Å². The van der Waals surface area contributed by atoms with Crippen LogP contribution in [0.1, 0.15) is 11.1 Å². The molecule has 1 aromatic carbocycles. The number of nitriles is 1. The summed E-state index contributed by atoms with van der Waals surface area (Å²) >= 11 is 0. The molecular formula is C17H14N4O6. The molecule has 2 aromatic rings. The Kier molecular flexibility index (Phi) is 5.26. The van der Waals surface area contributed by atoms with Crippen molar-refractivity contribution in [2.45, 2.75) is 6.92 Å². The number of anilines is 1. The van der Waals surface area contributed by atoms with Gasteiger partial charge in [-0.3, -0.25) is 19.9 Å². The molecule has 138 valence electrons. The van der Waals surface area contributed by atoms with E-state index in [1.54, 1.807) is 19.1 Å². The fourth-order valence-corrected chi connectivity index (χ4v) is 2.31. The molecule has 0 saturated carbocycles. The first-order chi connectivity index (χ1) is 12.7. The molecule has 27 heavy (non-hydrogen) atoms. The molecule has 0 aliphatic carbocycles. The number of rotatable bonds is 4. The number of aromatic hydroxyl groups is 2. The summed E-state index contributed by atoms with van der Waals surface area (Å²) in [6.45, 7) is 1.72. The van der Waals surface area contributed by atoms with Crippen LogP contribution >= 0.6 is 0 Å². The van der Waals surface area contributed by atoms with Crippen molar-refractivity contribution >= 4 is 23.0 Å². The third kappa shape index (κ3) is 3.62. The minimum Gasteiger partial charge on any atom is -0.506 e. The summed E-state index contributed by atoms with van der Waals surface area (Å²) in [5.41, 5.74) is -0.894. The van der Waals surface area contributed by atoms with E-state index in [2.05, 4.69) is 4.98 Å². The summed E-state index contributed by atoms with van der Waals surface area (Å²) in [6.07, 6.45) is 2.92. The number of hydrogen-bond donors (Lipinski definition) is 3. The van der Waals surface area contributed by atoms with Crippen LogP contribution in [0.5, 0.6) is 11.5 Å². The van der Waals surface area contributed by atoms with Crippen LogP contribution in [0.25, 0.3) is 5.76 Å². The number of likely N-dealkylation sites (N-methyl/N-ethyl adjacent to an activating group) is 1. The van der Waals surface area contributed by atoms with E-state index in [0.29, 0.717) is 11.3 Å². The van der Waals surface area contributed by atoms with Gasteiger partial charge in [0.25, 0.3) is 5.91 Å². The fourth-order valence-electron chi connectivity index (χ4n) is 2.31. The number of aryl methyl sites for hydroxylation is 1. The number of aliphatic hydroxyl groups is 1. The molecule has 0 atom stereocenters. The minimum absolute atomic E-state index is 0.377. The van der Waals surface area contributed by atoms with Gasteiger partial charge in [-0.25, -0.2) is 0 Å². The number of carbonyl (C=O) groups is 1. The summed E-state index contributed by atoms with van der Waals surface area (Å²) in [4.78, 5) is 27.6. The van der Waals surface area contributed by atoms with Gasteiger partial charge in [-0.05, 0) is 24.6 Å².